The molecule has 0 bridgehead atoms. The lowest BCUT2D eigenvalue weighted by Gasteiger charge is -2.32. The van der Waals surface area contributed by atoms with Gasteiger partial charge in [-0.1, -0.05) is 13.8 Å². The summed E-state index contributed by atoms with van der Waals surface area (Å²) in [6, 6.07) is 1.70. The van der Waals surface area contributed by atoms with Crippen molar-refractivity contribution >= 4 is 0 Å². The van der Waals surface area contributed by atoms with Crippen molar-refractivity contribution in [2.75, 3.05) is 19.6 Å². The number of hydrogen-bond acceptors (Lipinski definition) is 2. The van der Waals surface area contributed by atoms with E-state index in [1.807, 2.05) is 0 Å². The van der Waals surface area contributed by atoms with E-state index in [0.717, 1.165) is 23.9 Å². The number of nitrogens with one attached hydrogen (secondary N) is 1. The van der Waals surface area contributed by atoms with Crippen molar-refractivity contribution in [3.05, 3.63) is 0 Å². The van der Waals surface area contributed by atoms with Crippen LogP contribution in [0.1, 0.15) is 59.3 Å². The zero-order valence-corrected chi connectivity index (χ0v) is 12.6. The largest absolute Gasteiger partial charge is 0.316 e. The van der Waals surface area contributed by atoms with Gasteiger partial charge in [-0.3, -0.25) is 4.90 Å². The molecule has 0 radical (unpaired) electrons. The van der Waals surface area contributed by atoms with E-state index in [9.17, 15) is 0 Å². The first-order valence-corrected chi connectivity index (χ1v) is 8.18. The summed E-state index contributed by atoms with van der Waals surface area (Å²) in [4.78, 5) is 2.78. The molecule has 2 nitrogen and oxygen atoms in total. The molecule has 2 heterocycles. The predicted molar refractivity (Wildman–Crippen MR) is 78.9 cm³/mol. The smallest absolute Gasteiger partial charge is 0.00960 e. The number of likely N-dealkylation sites (tertiary alicyclic amines) is 1. The lowest BCUT2D eigenvalue weighted by molar-refractivity contribution is 0.167. The average Bonchev–Trinajstić information content (AvgIpc) is 2.77. The molecule has 4 atom stereocenters. The molecule has 2 saturated heterocycles. The van der Waals surface area contributed by atoms with Crippen molar-refractivity contribution in [3.63, 3.8) is 0 Å². The molecule has 0 aromatic carbocycles. The average molecular weight is 252 g/mol. The molecule has 4 unspecified atom stereocenters. The van der Waals surface area contributed by atoms with Gasteiger partial charge in [-0.15, -0.1) is 0 Å². The fourth-order valence-electron chi connectivity index (χ4n) is 3.92. The molecule has 0 aromatic heterocycles. The Balaban J connectivity index is 1.75. The van der Waals surface area contributed by atoms with Gasteiger partial charge in [-0.05, 0) is 76.9 Å². The van der Waals surface area contributed by atoms with Gasteiger partial charge in [-0.2, -0.15) is 0 Å². The zero-order chi connectivity index (χ0) is 13.0. The number of nitrogens with zero attached hydrogens (tertiary/aromatic N) is 1. The van der Waals surface area contributed by atoms with Crippen LogP contribution in [-0.4, -0.2) is 36.6 Å². The Morgan fingerprint density at radius 3 is 2.78 bits per heavy atom. The summed E-state index contributed by atoms with van der Waals surface area (Å²) in [6.45, 7) is 11.1. The van der Waals surface area contributed by atoms with Gasteiger partial charge in [0.15, 0.2) is 0 Å². The summed E-state index contributed by atoms with van der Waals surface area (Å²) in [5.41, 5.74) is 0. The molecule has 2 rings (SSSR count). The Labute approximate surface area is 114 Å². The molecule has 1 N–H and O–H groups in total. The van der Waals surface area contributed by atoms with Gasteiger partial charge < -0.3 is 5.32 Å². The van der Waals surface area contributed by atoms with Gasteiger partial charge in [0.1, 0.15) is 0 Å². The maximum Gasteiger partial charge on any atom is 0.00960 e. The third-order valence-electron chi connectivity index (χ3n) is 5.41. The van der Waals surface area contributed by atoms with Crippen LogP contribution in [-0.2, 0) is 0 Å². The Hall–Kier alpha value is -0.0800. The fourth-order valence-corrected chi connectivity index (χ4v) is 3.92. The maximum atomic E-state index is 3.56. The lowest BCUT2D eigenvalue weighted by Crippen LogP contribution is -2.38. The highest BCUT2D eigenvalue weighted by molar-refractivity contribution is 4.85. The Bertz CT molecular complexity index is 235. The van der Waals surface area contributed by atoms with Crippen LogP contribution in [0, 0.1) is 11.8 Å². The Morgan fingerprint density at radius 2 is 2.11 bits per heavy atom. The minimum absolute atomic E-state index is 0.826. The first-order chi connectivity index (χ1) is 8.72. The highest BCUT2D eigenvalue weighted by atomic mass is 15.2. The van der Waals surface area contributed by atoms with Gasteiger partial charge in [0.2, 0.25) is 0 Å². The molecule has 2 heteroatoms. The number of piperidine rings is 1. The highest BCUT2D eigenvalue weighted by Crippen LogP contribution is 2.28. The molecule has 2 aliphatic rings. The van der Waals surface area contributed by atoms with E-state index >= 15 is 0 Å². The molecule has 2 fully saturated rings. The van der Waals surface area contributed by atoms with Gasteiger partial charge in [-0.25, -0.2) is 0 Å². The molecule has 18 heavy (non-hydrogen) atoms. The van der Waals surface area contributed by atoms with Crippen molar-refractivity contribution in [2.45, 2.75) is 71.4 Å². The van der Waals surface area contributed by atoms with Crippen LogP contribution in [0.5, 0.6) is 0 Å². The number of rotatable bonds is 5. The first-order valence-electron chi connectivity index (χ1n) is 8.18. The summed E-state index contributed by atoms with van der Waals surface area (Å²) >= 11 is 0. The fraction of sp³-hybridized carbons (Fsp3) is 1.00. The van der Waals surface area contributed by atoms with Crippen LogP contribution in [0.2, 0.25) is 0 Å². The summed E-state index contributed by atoms with van der Waals surface area (Å²) in [7, 11) is 0. The van der Waals surface area contributed by atoms with E-state index in [1.54, 1.807) is 0 Å². The monoisotopic (exact) mass is 252 g/mol. The van der Waals surface area contributed by atoms with Crippen molar-refractivity contribution in [2.24, 2.45) is 11.8 Å². The van der Waals surface area contributed by atoms with Gasteiger partial charge >= 0.3 is 0 Å². The molecule has 0 aliphatic carbocycles. The second-order valence-corrected chi connectivity index (χ2v) is 6.60. The molecular weight excluding hydrogens is 220 g/mol. The third kappa shape index (κ3) is 3.48. The normalized spacial score (nSPS) is 35.8. The van der Waals surface area contributed by atoms with E-state index in [-0.39, 0.29) is 0 Å². The summed E-state index contributed by atoms with van der Waals surface area (Å²) in [5, 5.41) is 3.56. The van der Waals surface area contributed by atoms with Gasteiger partial charge in [0.25, 0.3) is 0 Å². The molecule has 0 spiro atoms. The van der Waals surface area contributed by atoms with Crippen LogP contribution in [0.25, 0.3) is 0 Å². The van der Waals surface area contributed by atoms with E-state index in [1.165, 1.54) is 58.2 Å². The molecular formula is C16H32N2. The number of hydrogen-bond donors (Lipinski definition) is 1. The van der Waals surface area contributed by atoms with E-state index in [0.29, 0.717) is 0 Å². The zero-order valence-electron chi connectivity index (χ0n) is 12.6. The van der Waals surface area contributed by atoms with E-state index in [2.05, 4.69) is 31.0 Å². The quantitative estimate of drug-likeness (QED) is 0.808. The molecule has 106 valence electrons. The second-order valence-electron chi connectivity index (χ2n) is 6.60. The van der Waals surface area contributed by atoms with Crippen LogP contribution >= 0.6 is 0 Å². The van der Waals surface area contributed by atoms with E-state index < -0.39 is 0 Å². The highest BCUT2D eigenvalue weighted by Gasteiger charge is 2.29. The van der Waals surface area contributed by atoms with Crippen molar-refractivity contribution in [1.29, 1.82) is 0 Å². The van der Waals surface area contributed by atoms with Crippen molar-refractivity contribution in [3.8, 4) is 0 Å². The topological polar surface area (TPSA) is 15.3 Å². The standard InChI is InChI=1S/C16H32N2/c1-4-16-8-7-14(3)18(16)11-9-13(2)15-6-5-10-17-12-15/h13-17H,4-12H2,1-3H3. The molecule has 0 amide bonds. The van der Waals surface area contributed by atoms with Crippen LogP contribution < -0.4 is 5.32 Å². The van der Waals surface area contributed by atoms with E-state index in [4.69, 9.17) is 0 Å². The second kappa shape index (κ2) is 6.91. The Morgan fingerprint density at radius 1 is 1.28 bits per heavy atom. The lowest BCUT2D eigenvalue weighted by atomic mass is 9.85. The summed E-state index contributed by atoms with van der Waals surface area (Å²) < 4.78 is 0. The SMILES string of the molecule is CCC1CCC(C)N1CCC(C)C1CCCNC1. The molecule has 2 aliphatic heterocycles. The maximum absolute atomic E-state index is 3.56. The van der Waals surface area contributed by atoms with Crippen molar-refractivity contribution in [1.82, 2.24) is 10.2 Å². The summed E-state index contributed by atoms with van der Waals surface area (Å²) in [6.07, 6.45) is 8.40. The third-order valence-corrected chi connectivity index (χ3v) is 5.41. The van der Waals surface area contributed by atoms with Gasteiger partial charge in [0, 0.05) is 12.1 Å². The Kier molecular flexibility index (Phi) is 5.50. The summed E-state index contributed by atoms with van der Waals surface area (Å²) in [5.74, 6) is 1.82. The minimum atomic E-state index is 0.826. The minimum Gasteiger partial charge on any atom is -0.316 e. The van der Waals surface area contributed by atoms with Crippen LogP contribution in [0.3, 0.4) is 0 Å². The van der Waals surface area contributed by atoms with Gasteiger partial charge in [0.05, 0.1) is 0 Å². The first kappa shape index (κ1) is 14.3. The molecule has 0 saturated carbocycles. The molecule has 0 aromatic rings. The van der Waals surface area contributed by atoms with Crippen LogP contribution in [0.15, 0.2) is 0 Å². The van der Waals surface area contributed by atoms with Crippen LogP contribution in [0.4, 0.5) is 0 Å². The predicted octanol–water partition coefficient (Wildman–Crippen LogP) is 3.28. The van der Waals surface area contributed by atoms with Crippen molar-refractivity contribution < 1.29 is 0 Å².